The van der Waals surface area contributed by atoms with Crippen molar-refractivity contribution in [2.24, 2.45) is 56.7 Å². The zero-order valence-electron chi connectivity index (χ0n) is 22.9. The first-order chi connectivity index (χ1) is 15.4. The molecule has 0 aliphatic heterocycles. The summed E-state index contributed by atoms with van der Waals surface area (Å²) in [5.41, 5.74) is 3.23. The quantitative estimate of drug-likeness (QED) is 0.440. The maximum absolute atomic E-state index is 10.9. The highest BCUT2D eigenvalue weighted by atomic mass is 16.3. The van der Waals surface area contributed by atoms with E-state index < -0.39 is 0 Å². The molecule has 0 aromatic heterocycles. The van der Waals surface area contributed by atoms with Crippen molar-refractivity contribution in [3.8, 4) is 0 Å². The Bertz CT molecular complexity index is 803. The lowest BCUT2D eigenvalue weighted by Gasteiger charge is -2.73. The molecule has 0 bridgehead atoms. The molecule has 0 radical (unpaired) electrons. The van der Waals surface area contributed by atoms with Gasteiger partial charge in [0.05, 0.1) is 6.10 Å². The minimum atomic E-state index is -0.126. The molecule has 0 aromatic rings. The summed E-state index contributed by atoms with van der Waals surface area (Å²) in [4.78, 5) is 0. The summed E-state index contributed by atoms with van der Waals surface area (Å²) in [5.74, 6) is 3.84. The van der Waals surface area contributed by atoms with E-state index >= 15 is 0 Å². The minimum Gasteiger partial charge on any atom is -0.393 e. The van der Waals surface area contributed by atoms with Crippen LogP contribution in [0, 0.1) is 56.7 Å². The predicted molar refractivity (Wildman–Crippen MR) is 139 cm³/mol. The number of hydrogen-bond donors (Lipinski definition) is 2. The smallest absolute Gasteiger partial charge is 0.0594 e. The second-order valence-electron chi connectivity index (χ2n) is 15.0. The van der Waals surface area contributed by atoms with Gasteiger partial charge in [-0.2, -0.15) is 0 Å². The maximum atomic E-state index is 10.9. The summed E-state index contributed by atoms with van der Waals surface area (Å²) in [7, 11) is 2.17. The molecule has 2 heteroatoms. The summed E-state index contributed by atoms with van der Waals surface area (Å²) < 4.78 is 0. The molecule has 0 spiro atoms. The van der Waals surface area contributed by atoms with Crippen LogP contribution >= 0.6 is 0 Å². The Kier molecular flexibility index (Phi) is 5.60. The Morgan fingerprint density at radius 2 is 1.58 bits per heavy atom. The molecule has 0 aromatic carbocycles. The molecule has 5 aliphatic carbocycles. The van der Waals surface area contributed by atoms with E-state index in [1.165, 1.54) is 69.9 Å². The normalized spacial score (nSPS) is 55.2. The molecule has 0 saturated heterocycles. The van der Waals surface area contributed by atoms with Crippen LogP contribution in [0.1, 0.15) is 106 Å². The summed E-state index contributed by atoms with van der Waals surface area (Å²) in [6, 6.07) is 0. The van der Waals surface area contributed by atoms with Crippen LogP contribution in [0.2, 0.25) is 0 Å². The van der Waals surface area contributed by atoms with E-state index in [1.807, 2.05) is 0 Å². The topological polar surface area (TPSA) is 32.3 Å². The van der Waals surface area contributed by atoms with E-state index in [0.717, 1.165) is 30.1 Å². The molecule has 33 heavy (non-hydrogen) atoms. The molecule has 10 atom stereocenters. The van der Waals surface area contributed by atoms with Gasteiger partial charge < -0.3 is 10.4 Å². The first-order valence-corrected chi connectivity index (χ1v) is 14.4. The lowest BCUT2D eigenvalue weighted by Crippen LogP contribution is -2.67. The Morgan fingerprint density at radius 1 is 0.848 bits per heavy atom. The third-order valence-corrected chi connectivity index (χ3v) is 13.7. The van der Waals surface area contributed by atoms with E-state index in [-0.39, 0.29) is 11.5 Å². The van der Waals surface area contributed by atoms with Crippen molar-refractivity contribution in [3.05, 3.63) is 12.2 Å². The van der Waals surface area contributed by atoms with Gasteiger partial charge in [-0.3, -0.25) is 0 Å². The molecule has 4 unspecified atom stereocenters. The first-order valence-electron chi connectivity index (χ1n) is 14.4. The number of hydrogen-bond acceptors (Lipinski definition) is 2. The molecule has 5 saturated carbocycles. The summed E-state index contributed by atoms with van der Waals surface area (Å²) in [5, 5.41) is 14.6. The number of fused-ring (bicyclic) bond motifs is 7. The minimum absolute atomic E-state index is 0.0527. The molecule has 0 heterocycles. The SMILES string of the molecule is C=C(C)[C@@H]1CC[C@]2(CNC)CC[C@]3(C)C(CCC4[C@@]5(C)CC[C@H](O)C(C)(C)C5CC[C@]43C)C12. The molecular formula is C31H53NO. The molecular weight excluding hydrogens is 402 g/mol. The van der Waals surface area contributed by atoms with Crippen LogP contribution in [-0.2, 0) is 0 Å². The van der Waals surface area contributed by atoms with Gasteiger partial charge in [0, 0.05) is 6.54 Å². The molecule has 0 amide bonds. The van der Waals surface area contributed by atoms with Crippen molar-refractivity contribution < 1.29 is 5.11 Å². The average Bonchev–Trinajstić information content (AvgIpc) is 3.12. The van der Waals surface area contributed by atoms with Gasteiger partial charge in [0.1, 0.15) is 0 Å². The lowest BCUT2D eigenvalue weighted by molar-refractivity contribution is -0.247. The van der Waals surface area contributed by atoms with Crippen molar-refractivity contribution >= 4 is 0 Å². The fourth-order valence-corrected chi connectivity index (χ4v) is 11.9. The van der Waals surface area contributed by atoms with Gasteiger partial charge in [-0.1, -0.05) is 46.8 Å². The van der Waals surface area contributed by atoms with Crippen LogP contribution in [0.25, 0.3) is 0 Å². The van der Waals surface area contributed by atoms with Crippen LogP contribution in [0.15, 0.2) is 12.2 Å². The van der Waals surface area contributed by atoms with Gasteiger partial charge in [-0.15, -0.1) is 0 Å². The largest absolute Gasteiger partial charge is 0.393 e. The molecule has 188 valence electrons. The van der Waals surface area contributed by atoms with Crippen LogP contribution in [0.5, 0.6) is 0 Å². The summed E-state index contributed by atoms with van der Waals surface area (Å²) >= 11 is 0. The molecule has 5 rings (SSSR count). The average molecular weight is 456 g/mol. The van der Waals surface area contributed by atoms with E-state index in [2.05, 4.69) is 60.5 Å². The van der Waals surface area contributed by atoms with Crippen LogP contribution < -0.4 is 5.32 Å². The van der Waals surface area contributed by atoms with Crippen LogP contribution in [0.3, 0.4) is 0 Å². The Hall–Kier alpha value is -0.340. The third kappa shape index (κ3) is 2.98. The standard InChI is InChI=1S/C31H53NO/c1-20(2)21-11-16-31(19-32-8)18-17-29(6)22(26(21)31)9-10-24-28(5)14-13-25(33)27(3,4)23(28)12-15-30(24,29)7/h21-26,32-33H,1,9-19H2,2-8H3/t21-,22?,23?,24?,25-,26?,28-,29+,30+,31+/m0/s1. The van der Waals surface area contributed by atoms with Gasteiger partial charge in [0.15, 0.2) is 0 Å². The highest BCUT2D eigenvalue weighted by Gasteiger charge is 2.70. The highest BCUT2D eigenvalue weighted by molar-refractivity contribution is 5.21. The number of rotatable bonds is 3. The van der Waals surface area contributed by atoms with Gasteiger partial charge in [-0.05, 0) is 135 Å². The van der Waals surface area contributed by atoms with Gasteiger partial charge in [-0.25, -0.2) is 0 Å². The molecule has 5 aliphatic rings. The molecule has 2 N–H and O–H groups in total. The van der Waals surface area contributed by atoms with Gasteiger partial charge in [0.25, 0.3) is 0 Å². The Labute approximate surface area is 204 Å². The van der Waals surface area contributed by atoms with Crippen molar-refractivity contribution in [2.75, 3.05) is 13.6 Å². The van der Waals surface area contributed by atoms with Crippen molar-refractivity contribution in [1.29, 1.82) is 0 Å². The second kappa shape index (κ2) is 7.58. The van der Waals surface area contributed by atoms with Gasteiger partial charge >= 0.3 is 0 Å². The molecule has 2 nitrogen and oxygen atoms in total. The summed E-state index contributed by atoms with van der Waals surface area (Å²) in [6.07, 6.45) is 13.2. The summed E-state index contributed by atoms with van der Waals surface area (Å²) in [6.45, 7) is 20.9. The number of aliphatic hydroxyl groups is 1. The fourth-order valence-electron chi connectivity index (χ4n) is 11.9. The third-order valence-electron chi connectivity index (χ3n) is 13.7. The highest BCUT2D eigenvalue weighted by Crippen LogP contribution is 2.77. The zero-order valence-corrected chi connectivity index (χ0v) is 22.9. The zero-order chi connectivity index (χ0) is 24.0. The molecule has 5 fully saturated rings. The second-order valence-corrected chi connectivity index (χ2v) is 15.0. The number of nitrogens with one attached hydrogen (secondary N) is 1. The monoisotopic (exact) mass is 455 g/mol. The van der Waals surface area contributed by atoms with Crippen LogP contribution in [0.4, 0.5) is 0 Å². The predicted octanol–water partition coefficient (Wildman–Crippen LogP) is 7.22. The fraction of sp³-hybridized carbons (Fsp3) is 0.935. The van der Waals surface area contributed by atoms with E-state index in [1.54, 1.807) is 0 Å². The first kappa shape index (κ1) is 24.4. The number of aliphatic hydroxyl groups excluding tert-OH is 1. The Morgan fingerprint density at radius 3 is 2.24 bits per heavy atom. The van der Waals surface area contributed by atoms with Crippen molar-refractivity contribution in [1.82, 2.24) is 5.32 Å². The van der Waals surface area contributed by atoms with E-state index in [9.17, 15) is 5.11 Å². The lowest BCUT2D eigenvalue weighted by atomic mass is 9.32. The van der Waals surface area contributed by atoms with E-state index in [0.29, 0.717) is 27.6 Å². The van der Waals surface area contributed by atoms with Crippen molar-refractivity contribution in [3.63, 3.8) is 0 Å². The van der Waals surface area contributed by atoms with Crippen molar-refractivity contribution in [2.45, 2.75) is 112 Å². The van der Waals surface area contributed by atoms with Crippen LogP contribution in [-0.4, -0.2) is 24.8 Å². The number of allylic oxidation sites excluding steroid dienone is 1. The van der Waals surface area contributed by atoms with Gasteiger partial charge in [0.2, 0.25) is 0 Å². The Balaban J connectivity index is 1.54. The van der Waals surface area contributed by atoms with E-state index in [4.69, 9.17) is 0 Å². The maximum Gasteiger partial charge on any atom is 0.0594 e.